The summed E-state index contributed by atoms with van der Waals surface area (Å²) in [4.78, 5) is 16.3. The first-order valence-electron chi connectivity index (χ1n) is 7.31. The van der Waals surface area contributed by atoms with Crippen LogP contribution < -0.4 is 0 Å². The summed E-state index contributed by atoms with van der Waals surface area (Å²) in [5.74, 6) is 0.335. The predicted octanol–water partition coefficient (Wildman–Crippen LogP) is 2.08. The Hall–Kier alpha value is -2.21. The first-order valence-corrected chi connectivity index (χ1v) is 7.31. The van der Waals surface area contributed by atoms with E-state index in [1.807, 2.05) is 13.0 Å². The van der Waals surface area contributed by atoms with Gasteiger partial charge in [-0.1, -0.05) is 11.2 Å². The van der Waals surface area contributed by atoms with Gasteiger partial charge in [0.2, 0.25) is 0 Å². The highest BCUT2D eigenvalue weighted by atomic mass is 19.1. The van der Waals surface area contributed by atoms with Crippen LogP contribution in [-0.2, 0) is 6.54 Å². The number of carbonyl (C=O) groups is 1. The van der Waals surface area contributed by atoms with E-state index in [0.717, 1.165) is 24.5 Å². The molecule has 0 unspecified atom stereocenters. The van der Waals surface area contributed by atoms with Gasteiger partial charge in [-0.25, -0.2) is 4.39 Å². The van der Waals surface area contributed by atoms with Crippen LogP contribution in [0.25, 0.3) is 0 Å². The summed E-state index contributed by atoms with van der Waals surface area (Å²) in [6.45, 7) is 5.37. The third-order valence-corrected chi connectivity index (χ3v) is 3.79. The van der Waals surface area contributed by atoms with E-state index in [1.54, 1.807) is 17.0 Å². The van der Waals surface area contributed by atoms with Crippen molar-refractivity contribution in [2.75, 3.05) is 26.2 Å². The SMILES string of the molecule is Cc1cc(CN2CCN(C(=O)c3cccc(F)c3)CC2)on1. The van der Waals surface area contributed by atoms with Gasteiger partial charge in [0.05, 0.1) is 12.2 Å². The molecule has 0 radical (unpaired) electrons. The van der Waals surface area contributed by atoms with E-state index in [9.17, 15) is 9.18 Å². The Balaban J connectivity index is 1.56. The number of piperazine rings is 1. The number of benzene rings is 1. The molecule has 1 aliphatic heterocycles. The van der Waals surface area contributed by atoms with Crippen LogP contribution in [-0.4, -0.2) is 47.0 Å². The average Bonchev–Trinajstić information content (AvgIpc) is 2.92. The van der Waals surface area contributed by atoms with Gasteiger partial charge >= 0.3 is 0 Å². The summed E-state index contributed by atoms with van der Waals surface area (Å²) in [7, 11) is 0. The Morgan fingerprint density at radius 3 is 2.68 bits per heavy atom. The predicted molar refractivity (Wildman–Crippen MR) is 78.8 cm³/mol. The monoisotopic (exact) mass is 303 g/mol. The Morgan fingerprint density at radius 2 is 2.05 bits per heavy atom. The number of halogens is 1. The maximum atomic E-state index is 13.2. The van der Waals surface area contributed by atoms with Gasteiger partial charge in [-0.3, -0.25) is 9.69 Å². The van der Waals surface area contributed by atoms with Crippen LogP contribution in [0.15, 0.2) is 34.9 Å². The number of aromatic nitrogens is 1. The van der Waals surface area contributed by atoms with Crippen LogP contribution in [0.1, 0.15) is 21.8 Å². The van der Waals surface area contributed by atoms with Crippen LogP contribution in [0.3, 0.4) is 0 Å². The van der Waals surface area contributed by atoms with Crippen LogP contribution in [0, 0.1) is 12.7 Å². The molecule has 1 amide bonds. The zero-order valence-electron chi connectivity index (χ0n) is 12.5. The first kappa shape index (κ1) is 14.7. The molecule has 116 valence electrons. The fraction of sp³-hybridized carbons (Fsp3) is 0.375. The molecular formula is C16H18FN3O2. The Bertz CT molecular complexity index is 663. The second-order valence-corrected chi connectivity index (χ2v) is 5.51. The largest absolute Gasteiger partial charge is 0.360 e. The van der Waals surface area contributed by atoms with Crippen molar-refractivity contribution in [3.05, 3.63) is 53.2 Å². The molecule has 5 nitrogen and oxygen atoms in total. The number of hydrogen-bond acceptors (Lipinski definition) is 4. The van der Waals surface area contributed by atoms with E-state index < -0.39 is 0 Å². The van der Waals surface area contributed by atoms with Gasteiger partial charge in [0.1, 0.15) is 5.82 Å². The molecule has 22 heavy (non-hydrogen) atoms. The second kappa shape index (κ2) is 6.27. The van der Waals surface area contributed by atoms with Crippen molar-refractivity contribution in [1.29, 1.82) is 0 Å². The Morgan fingerprint density at radius 1 is 1.27 bits per heavy atom. The van der Waals surface area contributed by atoms with Crippen LogP contribution in [0.5, 0.6) is 0 Å². The lowest BCUT2D eigenvalue weighted by molar-refractivity contribution is 0.0617. The lowest BCUT2D eigenvalue weighted by Gasteiger charge is -2.34. The van der Waals surface area contributed by atoms with Gasteiger partial charge in [0.25, 0.3) is 5.91 Å². The number of nitrogens with zero attached hydrogens (tertiary/aromatic N) is 3. The van der Waals surface area contributed by atoms with Crippen molar-refractivity contribution in [2.24, 2.45) is 0 Å². The fourth-order valence-electron chi connectivity index (χ4n) is 2.62. The minimum absolute atomic E-state index is 0.116. The molecule has 0 bridgehead atoms. The lowest BCUT2D eigenvalue weighted by atomic mass is 10.1. The molecule has 1 aromatic heterocycles. The maximum Gasteiger partial charge on any atom is 0.254 e. The standard InChI is InChI=1S/C16H18FN3O2/c1-12-9-15(22-18-12)11-19-5-7-20(8-6-19)16(21)13-3-2-4-14(17)10-13/h2-4,9-10H,5-8,11H2,1H3. The van der Waals surface area contributed by atoms with E-state index in [2.05, 4.69) is 10.1 Å². The van der Waals surface area contributed by atoms with Crippen LogP contribution in [0.4, 0.5) is 4.39 Å². The summed E-state index contributed by atoms with van der Waals surface area (Å²) in [6, 6.07) is 7.75. The average molecular weight is 303 g/mol. The van der Waals surface area contributed by atoms with Gasteiger partial charge in [-0.2, -0.15) is 0 Å². The number of hydrogen-bond donors (Lipinski definition) is 0. The van der Waals surface area contributed by atoms with Crippen molar-refractivity contribution in [2.45, 2.75) is 13.5 Å². The lowest BCUT2D eigenvalue weighted by Crippen LogP contribution is -2.48. The minimum Gasteiger partial charge on any atom is -0.360 e. The summed E-state index contributed by atoms with van der Waals surface area (Å²) >= 11 is 0. The number of amides is 1. The summed E-state index contributed by atoms with van der Waals surface area (Å²) < 4.78 is 18.4. The Labute approximate surface area is 128 Å². The smallest absolute Gasteiger partial charge is 0.254 e. The van der Waals surface area contributed by atoms with E-state index in [0.29, 0.717) is 25.2 Å². The molecular weight excluding hydrogens is 285 g/mol. The minimum atomic E-state index is -0.384. The second-order valence-electron chi connectivity index (χ2n) is 5.51. The zero-order valence-corrected chi connectivity index (χ0v) is 12.5. The molecule has 6 heteroatoms. The van der Waals surface area contributed by atoms with Gasteiger partial charge in [0, 0.05) is 37.8 Å². The van der Waals surface area contributed by atoms with Crippen LogP contribution in [0.2, 0.25) is 0 Å². The summed E-state index contributed by atoms with van der Waals surface area (Å²) in [5.41, 5.74) is 1.27. The quantitative estimate of drug-likeness (QED) is 0.871. The molecule has 3 rings (SSSR count). The van der Waals surface area contributed by atoms with Gasteiger partial charge in [-0.05, 0) is 25.1 Å². The van der Waals surface area contributed by atoms with Crippen molar-refractivity contribution < 1.29 is 13.7 Å². The van der Waals surface area contributed by atoms with Gasteiger partial charge in [0.15, 0.2) is 5.76 Å². The molecule has 1 fully saturated rings. The normalized spacial score (nSPS) is 16.0. The maximum absolute atomic E-state index is 13.2. The van der Waals surface area contributed by atoms with Gasteiger partial charge in [-0.15, -0.1) is 0 Å². The molecule has 0 atom stereocenters. The van der Waals surface area contributed by atoms with Gasteiger partial charge < -0.3 is 9.42 Å². The first-order chi connectivity index (χ1) is 10.6. The third-order valence-electron chi connectivity index (χ3n) is 3.79. The molecule has 1 aromatic carbocycles. The molecule has 2 heterocycles. The zero-order chi connectivity index (χ0) is 15.5. The highest BCUT2D eigenvalue weighted by Gasteiger charge is 2.23. The molecule has 0 N–H and O–H groups in total. The van der Waals surface area contributed by atoms with Crippen molar-refractivity contribution in [1.82, 2.24) is 15.0 Å². The summed E-state index contributed by atoms with van der Waals surface area (Å²) in [5, 5.41) is 3.87. The Kier molecular flexibility index (Phi) is 4.20. The number of carbonyl (C=O) groups excluding carboxylic acids is 1. The van der Waals surface area contributed by atoms with Crippen molar-refractivity contribution >= 4 is 5.91 Å². The molecule has 2 aromatic rings. The highest BCUT2D eigenvalue weighted by molar-refractivity contribution is 5.94. The molecule has 1 aliphatic rings. The van der Waals surface area contributed by atoms with E-state index >= 15 is 0 Å². The van der Waals surface area contributed by atoms with Crippen LogP contribution >= 0.6 is 0 Å². The van der Waals surface area contributed by atoms with E-state index in [1.165, 1.54) is 12.1 Å². The fourth-order valence-corrected chi connectivity index (χ4v) is 2.62. The van der Waals surface area contributed by atoms with Crippen molar-refractivity contribution in [3.63, 3.8) is 0 Å². The van der Waals surface area contributed by atoms with Crippen molar-refractivity contribution in [3.8, 4) is 0 Å². The van der Waals surface area contributed by atoms with E-state index in [-0.39, 0.29) is 11.7 Å². The molecule has 0 saturated carbocycles. The topological polar surface area (TPSA) is 49.6 Å². The molecule has 0 spiro atoms. The molecule has 0 aliphatic carbocycles. The number of rotatable bonds is 3. The summed E-state index contributed by atoms with van der Waals surface area (Å²) in [6.07, 6.45) is 0. The third kappa shape index (κ3) is 3.33. The number of aryl methyl sites for hydroxylation is 1. The molecule has 1 saturated heterocycles. The highest BCUT2D eigenvalue weighted by Crippen LogP contribution is 2.13. The van der Waals surface area contributed by atoms with E-state index in [4.69, 9.17) is 4.52 Å².